The third kappa shape index (κ3) is 5.61. The fourth-order valence-corrected chi connectivity index (χ4v) is 2.90. The van der Waals surface area contributed by atoms with Crippen LogP contribution in [0.4, 0.5) is 13.6 Å². The van der Waals surface area contributed by atoms with Crippen molar-refractivity contribution < 1.29 is 23.2 Å². The molecule has 8 heteroatoms. The molecule has 29 heavy (non-hydrogen) atoms. The summed E-state index contributed by atoms with van der Waals surface area (Å²) < 4.78 is 31.9. The van der Waals surface area contributed by atoms with Gasteiger partial charge in [-0.3, -0.25) is 0 Å². The number of carbonyl (C=O) groups excluding carboxylic acids is 1. The zero-order chi connectivity index (χ0) is 20.8. The first-order chi connectivity index (χ1) is 13.9. The number of benzene rings is 2. The van der Waals surface area contributed by atoms with E-state index in [4.69, 9.17) is 4.52 Å². The number of hydrogen-bond donors (Lipinski definition) is 3. The van der Waals surface area contributed by atoms with Gasteiger partial charge in [0.15, 0.2) is 5.76 Å². The smallest absolute Gasteiger partial charge is 0.315 e. The number of carbonyl (C=O) groups is 1. The molecule has 0 radical (unpaired) electrons. The number of nitrogens with one attached hydrogen (secondary N) is 2. The van der Waals surface area contributed by atoms with Gasteiger partial charge in [0.05, 0.1) is 24.8 Å². The highest BCUT2D eigenvalue weighted by molar-refractivity contribution is 5.74. The molecule has 2 aromatic carbocycles. The van der Waals surface area contributed by atoms with Crippen LogP contribution in [0.1, 0.15) is 16.8 Å². The predicted octanol–water partition coefficient (Wildman–Crippen LogP) is 3.33. The minimum Gasteiger partial charge on any atom is -0.394 e. The number of nitrogens with zero attached hydrogens (tertiary/aromatic N) is 1. The van der Waals surface area contributed by atoms with E-state index in [-0.39, 0.29) is 24.5 Å². The average Bonchev–Trinajstić information content (AvgIpc) is 3.14. The van der Waals surface area contributed by atoms with Crippen molar-refractivity contribution in [3.05, 3.63) is 77.0 Å². The van der Waals surface area contributed by atoms with Crippen molar-refractivity contribution in [2.45, 2.75) is 25.9 Å². The lowest BCUT2D eigenvalue weighted by molar-refractivity contribution is 0.215. The van der Waals surface area contributed by atoms with E-state index in [1.165, 1.54) is 12.1 Å². The highest BCUT2D eigenvalue weighted by atomic mass is 19.1. The first-order valence-corrected chi connectivity index (χ1v) is 9.06. The Morgan fingerprint density at radius 2 is 2.03 bits per heavy atom. The number of halogens is 2. The monoisotopic (exact) mass is 401 g/mol. The number of aryl methyl sites for hydroxylation is 1. The van der Waals surface area contributed by atoms with E-state index in [0.717, 1.165) is 23.3 Å². The fourth-order valence-electron chi connectivity index (χ4n) is 2.90. The minimum absolute atomic E-state index is 0.0424. The number of urea groups is 1. The van der Waals surface area contributed by atoms with Gasteiger partial charge in [-0.1, -0.05) is 35.0 Å². The summed E-state index contributed by atoms with van der Waals surface area (Å²) in [6, 6.07) is 11.5. The number of aromatic nitrogens is 1. The van der Waals surface area contributed by atoms with Crippen LogP contribution in [-0.2, 0) is 13.0 Å². The standard InChI is InChI=1S/C21H21F2N3O3/c1-13-3-2-4-14(7-13)8-17(12-27)25-21(28)24-11-16-10-20(29-26-16)18-6-5-15(22)9-19(18)23/h2-7,9-10,17,27H,8,11-12H2,1H3,(H2,24,25,28). The van der Waals surface area contributed by atoms with Crippen molar-refractivity contribution in [2.75, 3.05) is 6.61 Å². The van der Waals surface area contributed by atoms with Crippen LogP contribution in [0.2, 0.25) is 0 Å². The molecule has 0 saturated carbocycles. The number of aliphatic hydroxyl groups excluding tert-OH is 1. The zero-order valence-corrected chi connectivity index (χ0v) is 15.8. The molecule has 152 valence electrons. The van der Waals surface area contributed by atoms with Gasteiger partial charge in [-0.2, -0.15) is 0 Å². The van der Waals surface area contributed by atoms with Gasteiger partial charge in [-0.25, -0.2) is 13.6 Å². The molecule has 0 aliphatic rings. The first-order valence-electron chi connectivity index (χ1n) is 9.06. The number of amides is 2. The number of rotatable bonds is 7. The van der Waals surface area contributed by atoms with Crippen LogP contribution in [0.25, 0.3) is 11.3 Å². The van der Waals surface area contributed by atoms with Crippen LogP contribution in [-0.4, -0.2) is 28.9 Å². The average molecular weight is 401 g/mol. The quantitative estimate of drug-likeness (QED) is 0.567. The van der Waals surface area contributed by atoms with E-state index < -0.39 is 23.7 Å². The molecule has 0 aliphatic carbocycles. The van der Waals surface area contributed by atoms with Gasteiger partial charge in [0.1, 0.15) is 17.3 Å². The Labute approximate surface area is 166 Å². The van der Waals surface area contributed by atoms with E-state index >= 15 is 0 Å². The van der Waals surface area contributed by atoms with Gasteiger partial charge >= 0.3 is 6.03 Å². The largest absolute Gasteiger partial charge is 0.394 e. The third-order valence-corrected chi connectivity index (χ3v) is 4.31. The summed E-state index contributed by atoms with van der Waals surface area (Å²) in [4.78, 5) is 12.1. The van der Waals surface area contributed by atoms with E-state index in [0.29, 0.717) is 12.1 Å². The number of hydrogen-bond acceptors (Lipinski definition) is 4. The van der Waals surface area contributed by atoms with Crippen molar-refractivity contribution in [2.24, 2.45) is 0 Å². The molecular weight excluding hydrogens is 380 g/mol. The predicted molar refractivity (Wildman–Crippen MR) is 103 cm³/mol. The first kappa shape index (κ1) is 20.5. The van der Waals surface area contributed by atoms with Crippen LogP contribution >= 0.6 is 0 Å². The molecule has 1 heterocycles. The minimum atomic E-state index is -0.764. The SMILES string of the molecule is Cc1cccc(CC(CO)NC(=O)NCc2cc(-c3ccc(F)cc3F)on2)c1. The van der Waals surface area contributed by atoms with Crippen molar-refractivity contribution in [1.29, 1.82) is 0 Å². The molecule has 3 rings (SSSR count). The van der Waals surface area contributed by atoms with Crippen LogP contribution in [0.15, 0.2) is 53.1 Å². The molecule has 0 aliphatic heterocycles. The van der Waals surface area contributed by atoms with Crippen LogP contribution < -0.4 is 10.6 Å². The van der Waals surface area contributed by atoms with Crippen LogP contribution in [0, 0.1) is 18.6 Å². The highest BCUT2D eigenvalue weighted by Gasteiger charge is 2.15. The van der Waals surface area contributed by atoms with Crippen molar-refractivity contribution >= 4 is 6.03 Å². The lowest BCUT2D eigenvalue weighted by Crippen LogP contribution is -2.44. The maximum absolute atomic E-state index is 13.8. The molecule has 3 N–H and O–H groups in total. The van der Waals surface area contributed by atoms with E-state index in [1.807, 2.05) is 31.2 Å². The molecule has 0 fully saturated rings. The summed E-state index contributed by atoms with van der Waals surface area (Å²) in [6.45, 7) is 1.81. The summed E-state index contributed by atoms with van der Waals surface area (Å²) in [5, 5.41) is 18.6. The second-order valence-electron chi connectivity index (χ2n) is 6.71. The van der Waals surface area contributed by atoms with Gasteiger partial charge in [0, 0.05) is 12.1 Å². The number of aliphatic hydroxyl groups is 1. The van der Waals surface area contributed by atoms with Crippen molar-refractivity contribution in [3.8, 4) is 11.3 Å². The Morgan fingerprint density at radius 1 is 1.21 bits per heavy atom. The van der Waals surface area contributed by atoms with Crippen molar-refractivity contribution in [1.82, 2.24) is 15.8 Å². The Balaban J connectivity index is 1.54. The topological polar surface area (TPSA) is 87.4 Å². The Hall–Kier alpha value is -3.26. The molecule has 6 nitrogen and oxygen atoms in total. The van der Waals surface area contributed by atoms with E-state index in [1.54, 1.807) is 0 Å². The van der Waals surface area contributed by atoms with Crippen LogP contribution in [0.3, 0.4) is 0 Å². The third-order valence-electron chi connectivity index (χ3n) is 4.31. The van der Waals surface area contributed by atoms with Crippen LogP contribution in [0.5, 0.6) is 0 Å². The Bertz CT molecular complexity index is 991. The maximum atomic E-state index is 13.8. The van der Waals surface area contributed by atoms with E-state index in [2.05, 4.69) is 15.8 Å². The molecular formula is C21H21F2N3O3. The lowest BCUT2D eigenvalue weighted by Gasteiger charge is -2.17. The zero-order valence-electron chi connectivity index (χ0n) is 15.8. The molecule has 0 bridgehead atoms. The summed E-state index contributed by atoms with van der Waals surface area (Å²) in [7, 11) is 0. The summed E-state index contributed by atoms with van der Waals surface area (Å²) in [5.41, 5.74) is 2.56. The maximum Gasteiger partial charge on any atom is 0.315 e. The molecule has 1 aromatic heterocycles. The van der Waals surface area contributed by atoms with E-state index in [9.17, 15) is 18.7 Å². The van der Waals surface area contributed by atoms with Crippen molar-refractivity contribution in [3.63, 3.8) is 0 Å². The normalized spacial score (nSPS) is 11.9. The second kappa shape index (κ2) is 9.29. The molecule has 2 amide bonds. The molecule has 1 atom stereocenters. The highest BCUT2D eigenvalue weighted by Crippen LogP contribution is 2.24. The Kier molecular flexibility index (Phi) is 6.56. The summed E-state index contributed by atoms with van der Waals surface area (Å²) in [5.74, 6) is -1.32. The molecule has 0 spiro atoms. The van der Waals surface area contributed by atoms with Gasteiger partial charge in [0.25, 0.3) is 0 Å². The molecule has 0 saturated heterocycles. The second-order valence-corrected chi connectivity index (χ2v) is 6.71. The summed E-state index contributed by atoms with van der Waals surface area (Å²) in [6.07, 6.45) is 0.490. The van der Waals surface area contributed by atoms with Gasteiger partial charge in [0.2, 0.25) is 0 Å². The van der Waals surface area contributed by atoms with Gasteiger partial charge < -0.3 is 20.3 Å². The molecule has 3 aromatic rings. The molecule has 1 unspecified atom stereocenters. The lowest BCUT2D eigenvalue weighted by atomic mass is 10.0. The van der Waals surface area contributed by atoms with Gasteiger partial charge in [-0.15, -0.1) is 0 Å². The van der Waals surface area contributed by atoms with Gasteiger partial charge in [-0.05, 0) is 31.0 Å². The summed E-state index contributed by atoms with van der Waals surface area (Å²) >= 11 is 0. The Morgan fingerprint density at radius 3 is 2.76 bits per heavy atom. The fraction of sp³-hybridized carbons (Fsp3) is 0.238.